The molecule has 94 heavy (non-hydrogen) atoms. The Morgan fingerprint density at radius 3 is 2.36 bits per heavy atom. The maximum absolute atomic E-state index is 16.0. The molecule has 486 valence electrons. The van der Waals surface area contributed by atoms with E-state index in [4.69, 9.17) is 9.15 Å². The summed E-state index contributed by atoms with van der Waals surface area (Å²) < 4.78 is 13.3. The Labute approximate surface area is 563 Å². The third-order valence-corrected chi connectivity index (χ3v) is 28.1. The zero-order valence-electron chi connectivity index (χ0n) is 52.8. The van der Waals surface area contributed by atoms with E-state index < -0.39 is 52.0 Å². The number of rotatable bonds is 7. The first-order chi connectivity index (χ1) is 45.7. The smallest absolute Gasteiger partial charge is 0.238 e. The summed E-state index contributed by atoms with van der Waals surface area (Å²) in [5.41, 5.74) is 12.4. The molecule has 12 heterocycles. The molecule has 12 unspecified atom stereocenters. The highest BCUT2D eigenvalue weighted by Gasteiger charge is 2.54. The molecule has 2 saturated heterocycles. The van der Waals surface area contributed by atoms with E-state index in [9.17, 15) is 40.5 Å². The molecule has 1 spiro atoms. The Morgan fingerprint density at radius 1 is 0.755 bits per heavy atom. The first-order valence-corrected chi connectivity index (χ1v) is 38.5. The van der Waals surface area contributed by atoms with Crippen molar-refractivity contribution in [1.29, 1.82) is 0 Å². The van der Waals surface area contributed by atoms with Crippen molar-refractivity contribution >= 4 is 70.7 Å². The van der Waals surface area contributed by atoms with Crippen LogP contribution in [0.4, 0.5) is 0 Å². The van der Waals surface area contributed by atoms with Gasteiger partial charge in [0.25, 0.3) is 0 Å². The number of benzene rings is 7. The van der Waals surface area contributed by atoms with Gasteiger partial charge in [0.15, 0.2) is 11.5 Å². The van der Waals surface area contributed by atoms with Gasteiger partial charge in [0.05, 0.1) is 34.4 Å². The lowest BCUT2D eigenvalue weighted by atomic mass is 9.62. The molecule has 11 aliphatic heterocycles. The van der Waals surface area contributed by atoms with Gasteiger partial charge in [0.2, 0.25) is 11.2 Å². The minimum atomic E-state index is -1.09. The molecule has 0 radical (unpaired) electrons. The molecule has 22 bridgehead atoms. The third kappa shape index (κ3) is 10.6. The lowest BCUT2D eigenvalue weighted by molar-refractivity contribution is -0.119. The number of piperidine rings is 1. The zero-order chi connectivity index (χ0) is 64.4. The van der Waals surface area contributed by atoms with Crippen LogP contribution in [0.5, 0.6) is 23.0 Å². The molecule has 12 atom stereocenters. The Balaban J connectivity index is 0.962. The van der Waals surface area contributed by atoms with Gasteiger partial charge in [0, 0.05) is 65.5 Å². The minimum absolute atomic E-state index is 0.0179. The van der Waals surface area contributed by atoms with Gasteiger partial charge in [-0.3, -0.25) is 9.59 Å². The third-order valence-electron chi connectivity index (χ3n) is 22.1. The lowest BCUT2D eigenvalue weighted by Gasteiger charge is -2.49. The fourth-order valence-electron chi connectivity index (χ4n) is 17.8. The van der Waals surface area contributed by atoms with Crippen molar-refractivity contribution in [3.63, 3.8) is 0 Å². The number of nitrogens with one attached hydrogen (secondary N) is 1. The van der Waals surface area contributed by atoms with Gasteiger partial charge < -0.3 is 50.2 Å². The van der Waals surface area contributed by atoms with Crippen molar-refractivity contribution in [3.05, 3.63) is 198 Å². The summed E-state index contributed by atoms with van der Waals surface area (Å²) in [4.78, 5) is 30.8. The number of carbonyl (C=O) groups excluding carboxylic acids is 1. The average molecular weight is 1330 g/mol. The van der Waals surface area contributed by atoms with Crippen molar-refractivity contribution in [2.45, 2.75) is 155 Å². The van der Waals surface area contributed by atoms with Gasteiger partial charge in [-0.15, -0.1) is 0 Å². The molecule has 12 nitrogen and oxygen atoms in total. The Hall–Kier alpha value is -6.18. The van der Waals surface area contributed by atoms with E-state index in [1.807, 2.05) is 6.07 Å². The summed E-state index contributed by atoms with van der Waals surface area (Å²) in [6, 6.07) is 35.4. The number of phenols is 2. The number of ether oxygens (including phenoxy) is 1. The Kier molecular flexibility index (Phi) is 16.7. The largest absolute Gasteiger partial charge is 0.507 e. The number of phenolic OH excluding ortho intramolecular Hbond substituents is 2. The normalized spacial score (nSPS) is 27.5. The van der Waals surface area contributed by atoms with Crippen LogP contribution in [0.3, 0.4) is 0 Å². The van der Waals surface area contributed by atoms with Crippen LogP contribution >= 0.6 is 43.2 Å². The lowest BCUT2D eigenvalue weighted by Crippen LogP contribution is -2.48. The van der Waals surface area contributed by atoms with Gasteiger partial charge in [0.1, 0.15) is 34.3 Å². The highest BCUT2D eigenvalue weighted by Crippen LogP contribution is 2.64. The summed E-state index contributed by atoms with van der Waals surface area (Å²) in [6.45, 7) is 4.90. The summed E-state index contributed by atoms with van der Waals surface area (Å²) in [5, 5.41) is 92.7. The number of aromatic hydroxyl groups is 3. The SMILES string of the molecule is CC(C)Cc1cc2c3c(c1O)Cc1cccc(c1)C1NCC(Cc4cccc(c4)C4C=CC(C4=O)c4ccc(cc4)CC45SSCCCC(O)C6CC(c7c(cc8c9c(ccc4c79)CC(CCCO)C8CCO)-c4c(O)cc7oc-2c(O)c(=O)c7c4O6)C5O)CC1SSC3. The Morgan fingerprint density at radius 2 is 1.55 bits per heavy atom. The predicted molar refractivity (Wildman–Crippen MR) is 378 cm³/mol. The van der Waals surface area contributed by atoms with Crippen molar-refractivity contribution < 1.29 is 49.7 Å². The number of ketones is 1. The van der Waals surface area contributed by atoms with Crippen molar-refractivity contribution in [3.8, 4) is 45.4 Å². The van der Waals surface area contributed by atoms with E-state index in [0.717, 1.165) is 80.2 Å². The van der Waals surface area contributed by atoms with E-state index in [1.54, 1.807) is 43.2 Å². The molecule has 16 heteroatoms. The van der Waals surface area contributed by atoms with Gasteiger partial charge in [-0.2, -0.15) is 0 Å². The van der Waals surface area contributed by atoms with Gasteiger partial charge >= 0.3 is 0 Å². The van der Waals surface area contributed by atoms with Crippen LogP contribution in [-0.2, 0) is 47.4 Å². The minimum Gasteiger partial charge on any atom is -0.507 e. The first kappa shape index (κ1) is 62.6. The fraction of sp³-hybridized carbons (Fsp3) is 0.410. The second-order valence-electron chi connectivity index (χ2n) is 28.3. The molecular formula is C78H79NO11S4. The maximum atomic E-state index is 16.0. The van der Waals surface area contributed by atoms with Gasteiger partial charge in [-0.05, 0) is 196 Å². The molecule has 0 amide bonds. The number of aliphatic hydroxyl groups excluding tert-OH is 4. The molecular weight excluding hydrogens is 1260 g/mol. The second-order valence-corrected chi connectivity index (χ2v) is 33.7. The van der Waals surface area contributed by atoms with Crippen LogP contribution in [0, 0.1) is 17.8 Å². The molecule has 22 rings (SSSR count). The van der Waals surface area contributed by atoms with Crippen LogP contribution in [0.15, 0.2) is 124 Å². The Bertz CT molecular complexity index is 4450. The van der Waals surface area contributed by atoms with Crippen molar-refractivity contribution in [1.82, 2.24) is 5.32 Å². The number of carbonyl (C=O) groups is 1. The number of Topliss-reactive ketones (excluding diaryl/α,β-unsaturated/α-hetero) is 1. The highest BCUT2D eigenvalue weighted by atomic mass is 33.1. The first-order valence-electron chi connectivity index (χ1n) is 33.8. The highest BCUT2D eigenvalue weighted by molar-refractivity contribution is 8.77. The molecule has 2 fully saturated rings. The summed E-state index contributed by atoms with van der Waals surface area (Å²) in [6.07, 6.45) is 7.38. The van der Waals surface area contributed by atoms with Gasteiger partial charge in [-0.25, -0.2) is 0 Å². The van der Waals surface area contributed by atoms with Gasteiger partial charge in [-0.1, -0.05) is 154 Å². The fourth-order valence-corrected chi connectivity index (χ4v) is 24.1. The monoisotopic (exact) mass is 1330 g/mol. The molecule has 7 aromatic carbocycles. The number of aliphatic hydroxyl groups is 4. The topological polar surface area (TPSA) is 210 Å². The standard InChI is InChI=1S/C78H79NO11S4/c1-39(2)25-49-32-55-58-38-92-93-64-30-43(37-79-70(64)48-10-4-8-42(28-48)29-54(58)71(49)84)26-41-7-3-9-45(27-41)52-19-18-51(72(52)85)44-15-13-40(14-16-44)36-78-59-20-17-47-31-46(11-5-22-80)50(21-23-81)53-33-56-66(68(59)65(47)53)57(77(78)88)34-62(60(82)12-6-24-91-94-78)89-76-67(56)61(83)35-63-69(76)73(86)74(87)75(55)90-63/h3-4,7-10,13-20,27-28,32-33,35,39,43,46,50-52,57,60,62,64,70,77,79-84,87-88H,5-6,11-12,21-26,29-31,34,36-38H2,1-2H3. The number of fused-ring (bicyclic) bond motifs is 4. The number of hydrogen-bond acceptors (Lipinski definition) is 16. The van der Waals surface area contributed by atoms with Crippen LogP contribution < -0.4 is 15.5 Å². The quantitative estimate of drug-likeness (QED) is 0.0551. The molecule has 8 aromatic rings. The van der Waals surface area contributed by atoms with Crippen LogP contribution in [0.1, 0.15) is 161 Å². The summed E-state index contributed by atoms with van der Waals surface area (Å²) in [7, 11) is 6.83. The van der Waals surface area contributed by atoms with E-state index in [2.05, 4.69) is 122 Å². The summed E-state index contributed by atoms with van der Waals surface area (Å²) >= 11 is 0. The summed E-state index contributed by atoms with van der Waals surface area (Å²) in [5.74, 6) is -1.01. The average Bonchev–Trinajstić information content (AvgIpc) is 0.721. The van der Waals surface area contributed by atoms with Crippen LogP contribution in [-0.4, -0.2) is 90.6 Å². The molecule has 8 N–H and O–H groups in total. The molecule has 14 aliphatic rings. The van der Waals surface area contributed by atoms with E-state index >= 15 is 4.79 Å². The zero-order valence-corrected chi connectivity index (χ0v) is 56.1. The number of allylic oxidation sites excluding steroid dienone is 2. The van der Waals surface area contributed by atoms with Crippen molar-refractivity contribution in [2.75, 3.05) is 25.5 Å². The predicted octanol–water partition coefficient (Wildman–Crippen LogP) is 14.7. The van der Waals surface area contributed by atoms with Crippen LogP contribution in [0.2, 0.25) is 0 Å². The second kappa shape index (κ2) is 25.0. The van der Waals surface area contributed by atoms with E-state index in [1.165, 1.54) is 11.6 Å². The molecule has 1 aromatic heterocycles. The molecule has 0 saturated carbocycles. The van der Waals surface area contributed by atoms with Crippen LogP contribution in [0.25, 0.3) is 44.2 Å². The maximum Gasteiger partial charge on any atom is 0.238 e. The van der Waals surface area contributed by atoms with Crippen molar-refractivity contribution in [2.24, 2.45) is 17.8 Å². The molecule has 3 aliphatic carbocycles. The number of hydrogen-bond donors (Lipinski definition) is 8. The van der Waals surface area contributed by atoms with E-state index in [-0.39, 0.29) is 99.9 Å². The van der Waals surface area contributed by atoms with E-state index in [0.29, 0.717) is 97.1 Å².